The van der Waals surface area contributed by atoms with Crippen LogP contribution in [-0.4, -0.2) is 71.3 Å². The topological polar surface area (TPSA) is 134 Å². The third-order valence-corrected chi connectivity index (χ3v) is 5.69. The molecule has 0 radical (unpaired) electrons. The van der Waals surface area contributed by atoms with Gasteiger partial charge in [0, 0.05) is 19.6 Å². The quantitative estimate of drug-likeness (QED) is 0.461. The second-order valence-electron chi connectivity index (χ2n) is 9.76. The van der Waals surface area contributed by atoms with E-state index in [9.17, 15) is 24.3 Å². The van der Waals surface area contributed by atoms with Crippen LogP contribution in [-0.2, 0) is 27.3 Å². The first-order valence-electron chi connectivity index (χ1n) is 12.1. The van der Waals surface area contributed by atoms with Gasteiger partial charge in [0.2, 0.25) is 0 Å². The van der Waals surface area contributed by atoms with Crippen molar-refractivity contribution in [2.24, 2.45) is 0 Å². The number of ketones is 1. The van der Waals surface area contributed by atoms with E-state index < -0.39 is 41.6 Å². The number of Topliss-reactive ketones (excluding diaryl/α,β-unsaturated/α-hetero) is 1. The molecule has 1 unspecified atom stereocenters. The van der Waals surface area contributed by atoms with Crippen LogP contribution in [0.1, 0.15) is 42.3 Å². The number of alkyl carbamates (subject to hydrolysis) is 1. The summed E-state index contributed by atoms with van der Waals surface area (Å²) in [4.78, 5) is 51.2. The van der Waals surface area contributed by atoms with Gasteiger partial charge >= 0.3 is 18.2 Å². The summed E-state index contributed by atoms with van der Waals surface area (Å²) in [7, 11) is 0. The standard InChI is InChI=1S/C27H33N3O7/c1-27(2,3)37-24(32)20-11-9-18(10-12-20)15-21(23(31)22-16-28-13-14-30(22)26(34)35)29-25(33)36-17-19-7-5-4-6-8-19/h4-12,21-22,28H,13-17H2,1-3H3,(H,29,33)(H,34,35)/t21-,22?/m0/s1. The summed E-state index contributed by atoms with van der Waals surface area (Å²) in [5.74, 6) is -0.929. The fraction of sp³-hybridized carbons (Fsp3) is 0.407. The minimum Gasteiger partial charge on any atom is -0.465 e. The molecular weight excluding hydrogens is 478 g/mol. The minimum absolute atomic E-state index is 0.0183. The minimum atomic E-state index is -1.20. The molecule has 10 heteroatoms. The summed E-state index contributed by atoms with van der Waals surface area (Å²) in [6.07, 6.45) is -1.91. The Bertz CT molecular complexity index is 1100. The third-order valence-electron chi connectivity index (χ3n) is 5.69. The van der Waals surface area contributed by atoms with Crippen molar-refractivity contribution >= 4 is 23.9 Å². The SMILES string of the molecule is CC(C)(C)OC(=O)c1ccc(C[C@H](NC(=O)OCc2ccccc2)C(=O)C2CNCCN2C(=O)O)cc1. The van der Waals surface area contributed by atoms with Crippen molar-refractivity contribution in [2.75, 3.05) is 19.6 Å². The number of rotatable bonds is 8. The molecule has 2 aromatic carbocycles. The highest BCUT2D eigenvalue weighted by molar-refractivity contribution is 5.94. The number of nitrogens with one attached hydrogen (secondary N) is 2. The summed E-state index contributed by atoms with van der Waals surface area (Å²) < 4.78 is 10.7. The summed E-state index contributed by atoms with van der Waals surface area (Å²) in [5.41, 5.74) is 1.17. The van der Waals surface area contributed by atoms with Crippen LogP contribution in [0.5, 0.6) is 0 Å². The number of amides is 2. The molecule has 1 saturated heterocycles. The second-order valence-corrected chi connectivity index (χ2v) is 9.76. The lowest BCUT2D eigenvalue weighted by Gasteiger charge is -2.35. The molecule has 3 N–H and O–H groups in total. The fourth-order valence-electron chi connectivity index (χ4n) is 3.90. The van der Waals surface area contributed by atoms with Crippen molar-refractivity contribution in [1.82, 2.24) is 15.5 Å². The van der Waals surface area contributed by atoms with Crippen LogP contribution in [0.3, 0.4) is 0 Å². The van der Waals surface area contributed by atoms with Gasteiger partial charge in [0.05, 0.1) is 11.6 Å². The fourth-order valence-corrected chi connectivity index (χ4v) is 3.90. The van der Waals surface area contributed by atoms with Gasteiger partial charge in [0.15, 0.2) is 5.78 Å². The van der Waals surface area contributed by atoms with Crippen LogP contribution < -0.4 is 10.6 Å². The van der Waals surface area contributed by atoms with Gasteiger partial charge in [0.1, 0.15) is 18.2 Å². The van der Waals surface area contributed by atoms with Crippen molar-refractivity contribution in [3.8, 4) is 0 Å². The zero-order chi connectivity index (χ0) is 27.0. The molecule has 0 aliphatic carbocycles. The Balaban J connectivity index is 1.75. The average Bonchev–Trinajstić information content (AvgIpc) is 2.86. The highest BCUT2D eigenvalue weighted by Gasteiger charge is 2.37. The Morgan fingerprint density at radius 3 is 2.35 bits per heavy atom. The molecule has 3 rings (SSSR count). The van der Waals surface area contributed by atoms with Crippen LogP contribution in [0.15, 0.2) is 54.6 Å². The summed E-state index contributed by atoms with van der Waals surface area (Å²) in [6.45, 7) is 6.07. The van der Waals surface area contributed by atoms with Crippen LogP contribution in [0.25, 0.3) is 0 Å². The van der Waals surface area contributed by atoms with Crippen molar-refractivity contribution in [3.63, 3.8) is 0 Å². The highest BCUT2D eigenvalue weighted by atomic mass is 16.6. The largest absolute Gasteiger partial charge is 0.465 e. The first-order valence-corrected chi connectivity index (χ1v) is 12.1. The molecule has 1 aliphatic rings. The average molecular weight is 512 g/mol. The molecule has 2 atom stereocenters. The summed E-state index contributed by atoms with van der Waals surface area (Å²) >= 11 is 0. The zero-order valence-electron chi connectivity index (χ0n) is 21.2. The Morgan fingerprint density at radius 1 is 1.05 bits per heavy atom. The molecule has 2 aromatic rings. The number of esters is 1. The van der Waals surface area contributed by atoms with E-state index in [-0.39, 0.29) is 26.1 Å². The summed E-state index contributed by atoms with van der Waals surface area (Å²) in [5, 5.41) is 15.2. The van der Waals surface area contributed by atoms with Crippen LogP contribution in [0.2, 0.25) is 0 Å². The smallest absolute Gasteiger partial charge is 0.408 e. The highest BCUT2D eigenvalue weighted by Crippen LogP contribution is 2.16. The van der Waals surface area contributed by atoms with Crippen molar-refractivity contribution in [2.45, 2.75) is 51.5 Å². The first kappa shape index (κ1) is 27.7. The van der Waals surface area contributed by atoms with E-state index in [1.165, 1.54) is 0 Å². The number of benzene rings is 2. The Labute approximate surface area is 215 Å². The normalized spacial score (nSPS) is 16.4. The van der Waals surface area contributed by atoms with E-state index >= 15 is 0 Å². The molecule has 10 nitrogen and oxygen atoms in total. The van der Waals surface area contributed by atoms with E-state index in [1.54, 1.807) is 57.2 Å². The molecule has 198 valence electrons. The van der Waals surface area contributed by atoms with Gasteiger partial charge in [-0.3, -0.25) is 9.69 Å². The molecular formula is C27H33N3O7. The monoisotopic (exact) mass is 511 g/mol. The predicted octanol–water partition coefficient (Wildman–Crippen LogP) is 3.00. The molecule has 37 heavy (non-hydrogen) atoms. The van der Waals surface area contributed by atoms with Gasteiger partial charge in [-0.05, 0) is 50.5 Å². The molecule has 0 bridgehead atoms. The van der Waals surface area contributed by atoms with E-state index in [0.29, 0.717) is 17.7 Å². The number of carbonyl (C=O) groups excluding carboxylic acids is 3. The van der Waals surface area contributed by atoms with Crippen LogP contribution >= 0.6 is 0 Å². The molecule has 1 aliphatic heterocycles. The van der Waals surface area contributed by atoms with E-state index in [4.69, 9.17) is 9.47 Å². The maximum atomic E-state index is 13.5. The van der Waals surface area contributed by atoms with E-state index in [1.807, 2.05) is 18.2 Å². The summed E-state index contributed by atoms with van der Waals surface area (Å²) in [6, 6.07) is 13.6. The Hall–Kier alpha value is -3.92. The first-order chi connectivity index (χ1) is 17.5. The number of hydrogen-bond acceptors (Lipinski definition) is 7. The Kier molecular flexibility index (Phi) is 9.24. The third kappa shape index (κ3) is 8.32. The number of piperazine rings is 1. The second kappa shape index (κ2) is 12.4. The molecule has 1 heterocycles. The molecule has 0 aromatic heterocycles. The maximum Gasteiger partial charge on any atom is 0.408 e. The van der Waals surface area contributed by atoms with Crippen molar-refractivity contribution < 1.29 is 33.8 Å². The maximum absolute atomic E-state index is 13.5. The molecule has 0 saturated carbocycles. The molecule has 1 fully saturated rings. The van der Waals surface area contributed by atoms with Crippen molar-refractivity contribution in [3.05, 3.63) is 71.3 Å². The van der Waals surface area contributed by atoms with Gasteiger partial charge in [-0.1, -0.05) is 42.5 Å². The Morgan fingerprint density at radius 2 is 1.73 bits per heavy atom. The number of hydrogen-bond donors (Lipinski definition) is 3. The van der Waals surface area contributed by atoms with Gasteiger partial charge in [-0.25, -0.2) is 14.4 Å². The lowest BCUT2D eigenvalue weighted by atomic mass is 9.95. The van der Waals surface area contributed by atoms with Gasteiger partial charge in [-0.2, -0.15) is 0 Å². The number of carbonyl (C=O) groups is 4. The van der Waals surface area contributed by atoms with Gasteiger partial charge in [0.25, 0.3) is 0 Å². The molecule has 2 amide bonds. The van der Waals surface area contributed by atoms with Gasteiger partial charge in [-0.15, -0.1) is 0 Å². The van der Waals surface area contributed by atoms with Crippen molar-refractivity contribution in [1.29, 1.82) is 0 Å². The molecule has 0 spiro atoms. The van der Waals surface area contributed by atoms with E-state index in [2.05, 4.69) is 10.6 Å². The van der Waals surface area contributed by atoms with Crippen LogP contribution in [0, 0.1) is 0 Å². The number of ether oxygens (including phenoxy) is 2. The number of nitrogens with zero attached hydrogens (tertiary/aromatic N) is 1. The lowest BCUT2D eigenvalue weighted by Crippen LogP contribution is -2.61. The zero-order valence-corrected chi connectivity index (χ0v) is 21.2. The van der Waals surface area contributed by atoms with Crippen LogP contribution in [0.4, 0.5) is 9.59 Å². The predicted molar refractivity (Wildman–Crippen MR) is 135 cm³/mol. The van der Waals surface area contributed by atoms with Gasteiger partial charge < -0.3 is 25.2 Å². The van der Waals surface area contributed by atoms with E-state index in [0.717, 1.165) is 10.5 Å². The number of carboxylic acid groups (broad SMARTS) is 1. The lowest BCUT2D eigenvalue weighted by molar-refractivity contribution is -0.126.